The molecule has 0 aliphatic rings. The van der Waals surface area contributed by atoms with Crippen molar-refractivity contribution in [3.63, 3.8) is 0 Å². The quantitative estimate of drug-likeness (QED) is 0.471. The summed E-state index contributed by atoms with van der Waals surface area (Å²) in [6.45, 7) is 6.62. The number of nitrogens with two attached hydrogens (primary N) is 1. The third kappa shape index (κ3) is 24.7. The first-order chi connectivity index (χ1) is 6.18. The normalized spacial score (nSPS) is 8.46. The maximum absolute atomic E-state index is 9.47. The van der Waals surface area contributed by atoms with Gasteiger partial charge in [-0.1, -0.05) is 19.9 Å². The summed E-state index contributed by atoms with van der Waals surface area (Å²) in [6, 6.07) is 0. The van der Waals surface area contributed by atoms with Crippen molar-refractivity contribution in [1.82, 2.24) is 0 Å². The molecule has 0 unspecified atom stereocenters. The topological polar surface area (TPSA) is 72.6 Å². The zero-order chi connectivity index (χ0) is 10.5. The van der Waals surface area contributed by atoms with Crippen LogP contribution in [-0.2, 0) is 9.53 Å². The van der Waals surface area contributed by atoms with Gasteiger partial charge in [0.05, 0.1) is 13.2 Å². The van der Waals surface area contributed by atoms with Gasteiger partial charge in [-0.15, -0.1) is 0 Å². The molecule has 4 nitrogen and oxygen atoms in total. The first-order valence-corrected chi connectivity index (χ1v) is 4.29. The Morgan fingerprint density at radius 3 is 2.46 bits per heavy atom. The van der Waals surface area contributed by atoms with Crippen LogP contribution in [-0.4, -0.2) is 30.8 Å². The number of rotatable bonds is 6. The predicted octanol–water partition coefficient (Wildman–Crippen LogP) is 0.453. The fraction of sp³-hybridized carbons (Fsp3) is 0.667. The van der Waals surface area contributed by atoms with E-state index in [2.05, 4.69) is 19.2 Å². The number of carbonyl (C=O) groups is 1. The van der Waals surface area contributed by atoms with Crippen molar-refractivity contribution in [2.75, 3.05) is 19.8 Å². The molecule has 1 amide bonds. The fourth-order valence-corrected chi connectivity index (χ4v) is 0.413. The number of carbonyl (C=O) groups excluding carboxylic acids is 1. The molecule has 4 heteroatoms. The van der Waals surface area contributed by atoms with E-state index < -0.39 is 5.91 Å². The van der Waals surface area contributed by atoms with Crippen LogP contribution in [0.3, 0.4) is 0 Å². The number of aliphatic hydroxyl groups is 1. The van der Waals surface area contributed by atoms with Gasteiger partial charge in [-0.2, -0.15) is 0 Å². The Labute approximate surface area is 79.4 Å². The summed E-state index contributed by atoms with van der Waals surface area (Å²) in [6.07, 6.45) is 3.31. The Morgan fingerprint density at radius 1 is 1.62 bits per heavy atom. The third-order valence-electron chi connectivity index (χ3n) is 1.08. The molecule has 0 aliphatic heterocycles. The van der Waals surface area contributed by atoms with Crippen LogP contribution >= 0.6 is 0 Å². The maximum atomic E-state index is 9.47. The summed E-state index contributed by atoms with van der Waals surface area (Å²) in [5, 5.41) is 8.24. The van der Waals surface area contributed by atoms with Gasteiger partial charge in [0.15, 0.2) is 0 Å². The van der Waals surface area contributed by atoms with Crippen molar-refractivity contribution in [2.24, 2.45) is 5.73 Å². The minimum Gasteiger partial charge on any atom is -0.394 e. The lowest BCUT2D eigenvalue weighted by atomic mass is 10.4. The van der Waals surface area contributed by atoms with Gasteiger partial charge in [0, 0.05) is 6.61 Å². The van der Waals surface area contributed by atoms with Crippen molar-refractivity contribution in [3.8, 4) is 0 Å². The predicted molar refractivity (Wildman–Crippen MR) is 52.2 cm³/mol. The average Bonchev–Trinajstić information content (AvgIpc) is 2.14. The molecule has 0 radical (unpaired) electrons. The first-order valence-electron chi connectivity index (χ1n) is 4.29. The number of ether oxygens (including phenoxy) is 1. The van der Waals surface area contributed by atoms with E-state index in [9.17, 15) is 4.79 Å². The standard InChI is InChI=1S/C6H14O2.C3H5NO/c1-2-3-5-8-6-4-7;1-2-3(4)5/h7H,2-6H2,1H3;2H,1H2,(H2,4,5). The number of primary amides is 1. The van der Waals surface area contributed by atoms with Crippen molar-refractivity contribution < 1.29 is 14.6 Å². The summed E-state index contributed by atoms with van der Waals surface area (Å²) >= 11 is 0. The molecular weight excluding hydrogens is 170 g/mol. The van der Waals surface area contributed by atoms with Crippen LogP contribution in [0.2, 0.25) is 0 Å². The van der Waals surface area contributed by atoms with Gasteiger partial charge in [-0.25, -0.2) is 0 Å². The molecule has 78 valence electrons. The highest BCUT2D eigenvalue weighted by Crippen LogP contribution is 1.85. The largest absolute Gasteiger partial charge is 0.394 e. The highest BCUT2D eigenvalue weighted by Gasteiger charge is 1.82. The Hall–Kier alpha value is -0.870. The van der Waals surface area contributed by atoms with Gasteiger partial charge >= 0.3 is 0 Å². The Balaban J connectivity index is 0. The number of unbranched alkanes of at least 4 members (excludes halogenated alkanes) is 1. The number of hydrogen-bond donors (Lipinski definition) is 2. The van der Waals surface area contributed by atoms with E-state index in [4.69, 9.17) is 9.84 Å². The SMILES string of the molecule is C=CC(N)=O.CCCCOCCO. The molecule has 0 atom stereocenters. The van der Waals surface area contributed by atoms with E-state index in [0.29, 0.717) is 6.61 Å². The van der Waals surface area contributed by atoms with Gasteiger partial charge in [-0.3, -0.25) is 4.79 Å². The molecule has 0 saturated carbocycles. The second kappa shape index (κ2) is 13.7. The second-order valence-electron chi connectivity index (χ2n) is 2.30. The molecule has 3 N–H and O–H groups in total. The zero-order valence-electron chi connectivity index (χ0n) is 8.16. The molecule has 0 bridgehead atoms. The number of amides is 1. The van der Waals surface area contributed by atoms with E-state index in [0.717, 1.165) is 25.5 Å². The number of aliphatic hydroxyl groups excluding tert-OH is 1. The molecular formula is C9H19NO3. The van der Waals surface area contributed by atoms with Gasteiger partial charge in [0.25, 0.3) is 0 Å². The molecule has 0 aromatic rings. The Bertz CT molecular complexity index is 120. The van der Waals surface area contributed by atoms with Crippen LogP contribution in [0.5, 0.6) is 0 Å². The van der Waals surface area contributed by atoms with Crippen LogP contribution in [0.4, 0.5) is 0 Å². The highest BCUT2D eigenvalue weighted by atomic mass is 16.5. The summed E-state index contributed by atoms with van der Waals surface area (Å²) in [5.74, 6) is -0.481. The minimum atomic E-state index is -0.481. The molecule has 0 heterocycles. The lowest BCUT2D eigenvalue weighted by Crippen LogP contribution is -2.04. The molecule has 0 saturated heterocycles. The van der Waals surface area contributed by atoms with Crippen LogP contribution in [0.1, 0.15) is 19.8 Å². The first kappa shape index (κ1) is 14.6. The smallest absolute Gasteiger partial charge is 0.240 e. The van der Waals surface area contributed by atoms with Crippen LogP contribution < -0.4 is 5.73 Å². The lowest BCUT2D eigenvalue weighted by molar-refractivity contribution is -0.113. The molecule has 0 fully saturated rings. The minimum absolute atomic E-state index is 0.143. The monoisotopic (exact) mass is 189 g/mol. The lowest BCUT2D eigenvalue weighted by Gasteiger charge is -1.97. The molecule has 0 rings (SSSR count). The average molecular weight is 189 g/mol. The van der Waals surface area contributed by atoms with Crippen LogP contribution in [0.25, 0.3) is 0 Å². The zero-order valence-corrected chi connectivity index (χ0v) is 8.16. The molecule has 13 heavy (non-hydrogen) atoms. The number of hydrogen-bond acceptors (Lipinski definition) is 3. The van der Waals surface area contributed by atoms with Gasteiger partial charge < -0.3 is 15.6 Å². The van der Waals surface area contributed by atoms with E-state index in [1.807, 2.05) is 0 Å². The van der Waals surface area contributed by atoms with Crippen LogP contribution in [0, 0.1) is 0 Å². The van der Waals surface area contributed by atoms with Gasteiger partial charge in [0.2, 0.25) is 5.91 Å². The molecule has 0 spiro atoms. The van der Waals surface area contributed by atoms with E-state index >= 15 is 0 Å². The van der Waals surface area contributed by atoms with Crippen molar-refractivity contribution >= 4 is 5.91 Å². The Kier molecular flexibility index (Phi) is 15.4. The maximum Gasteiger partial charge on any atom is 0.240 e. The van der Waals surface area contributed by atoms with Gasteiger partial charge in [0.1, 0.15) is 0 Å². The van der Waals surface area contributed by atoms with Crippen molar-refractivity contribution in [2.45, 2.75) is 19.8 Å². The third-order valence-corrected chi connectivity index (χ3v) is 1.08. The van der Waals surface area contributed by atoms with Crippen LogP contribution in [0.15, 0.2) is 12.7 Å². The van der Waals surface area contributed by atoms with E-state index in [-0.39, 0.29) is 6.61 Å². The fourth-order valence-electron chi connectivity index (χ4n) is 0.413. The highest BCUT2D eigenvalue weighted by molar-refractivity contribution is 5.84. The van der Waals surface area contributed by atoms with Gasteiger partial charge in [-0.05, 0) is 12.5 Å². The summed E-state index contributed by atoms with van der Waals surface area (Å²) in [4.78, 5) is 9.47. The molecule has 0 aliphatic carbocycles. The van der Waals surface area contributed by atoms with E-state index in [1.54, 1.807) is 0 Å². The molecule has 0 aromatic carbocycles. The summed E-state index contributed by atoms with van der Waals surface area (Å²) < 4.78 is 4.97. The molecule has 0 aromatic heterocycles. The van der Waals surface area contributed by atoms with Crippen molar-refractivity contribution in [3.05, 3.63) is 12.7 Å². The second-order valence-corrected chi connectivity index (χ2v) is 2.30. The summed E-state index contributed by atoms with van der Waals surface area (Å²) in [7, 11) is 0. The van der Waals surface area contributed by atoms with Crippen molar-refractivity contribution in [1.29, 1.82) is 0 Å². The summed E-state index contributed by atoms with van der Waals surface area (Å²) in [5.41, 5.74) is 4.53. The van der Waals surface area contributed by atoms with E-state index in [1.165, 1.54) is 0 Å². The Morgan fingerprint density at radius 2 is 2.15 bits per heavy atom.